The number of fused-ring (bicyclic) bond motifs is 1. The number of carbonyl (C=O) groups excluding carboxylic acids is 3. The Bertz CT molecular complexity index is 1990. The summed E-state index contributed by atoms with van der Waals surface area (Å²) in [6.07, 6.45) is 8.31. The van der Waals surface area contributed by atoms with Crippen molar-refractivity contribution in [1.82, 2.24) is 25.5 Å². The molecule has 4 fully saturated rings. The molecule has 3 heterocycles. The van der Waals surface area contributed by atoms with E-state index in [1.54, 1.807) is 7.11 Å². The lowest BCUT2D eigenvalue weighted by Gasteiger charge is -2.35. The number of alkyl carbamates (subject to hydrolysis) is 1. The van der Waals surface area contributed by atoms with Gasteiger partial charge in [-0.3, -0.25) is 9.59 Å². The molecule has 0 spiro atoms. The summed E-state index contributed by atoms with van der Waals surface area (Å²) in [5.41, 5.74) is -0.405. The summed E-state index contributed by atoms with van der Waals surface area (Å²) < 4.78 is 17.9. The fourth-order valence-electron chi connectivity index (χ4n) is 8.23. The van der Waals surface area contributed by atoms with Crippen LogP contribution < -0.4 is 25.4 Å². The highest BCUT2D eigenvalue weighted by Crippen LogP contribution is 2.45. The van der Waals surface area contributed by atoms with Crippen molar-refractivity contribution in [2.45, 2.75) is 121 Å². The van der Waals surface area contributed by atoms with E-state index in [9.17, 15) is 24.3 Å². The first-order valence-electron chi connectivity index (χ1n) is 19.6. The smallest absolute Gasteiger partial charge is 0.408 e. The van der Waals surface area contributed by atoms with Gasteiger partial charge in [0, 0.05) is 41.3 Å². The van der Waals surface area contributed by atoms with E-state index in [4.69, 9.17) is 24.2 Å². The van der Waals surface area contributed by atoms with E-state index >= 15 is 0 Å². The Labute approximate surface area is 330 Å². The Morgan fingerprint density at radius 3 is 2.43 bits per heavy atom. The lowest BCUT2D eigenvalue weighted by atomic mass is 9.85. The molecule has 14 nitrogen and oxygen atoms in total. The molecule has 3 aromatic rings. The van der Waals surface area contributed by atoms with Crippen molar-refractivity contribution in [3.05, 3.63) is 42.3 Å². The minimum Gasteiger partial charge on any atom is -0.497 e. The minimum atomic E-state index is -1.51. The molecule has 3 saturated carbocycles. The highest BCUT2D eigenvalue weighted by atomic mass is 32.1. The molecule has 5 atom stereocenters. The fourth-order valence-corrected chi connectivity index (χ4v) is 9.01. The maximum absolute atomic E-state index is 14.6. The van der Waals surface area contributed by atoms with Gasteiger partial charge in [-0.05, 0) is 62.5 Å². The fraction of sp³-hybridized carbons (Fsp3) is 0.561. The summed E-state index contributed by atoms with van der Waals surface area (Å²) in [7, 11) is 1.58. The molecule has 1 saturated heterocycles. The molecular formula is C41H52N6O8S. The van der Waals surface area contributed by atoms with Crippen LogP contribution in [0.1, 0.15) is 85.0 Å². The Balaban J connectivity index is 1.19. The molecule has 2 aromatic heterocycles. The maximum Gasteiger partial charge on any atom is 0.408 e. The van der Waals surface area contributed by atoms with Crippen molar-refractivity contribution in [1.29, 1.82) is 0 Å². The lowest BCUT2D eigenvalue weighted by Crippen LogP contribution is -2.59. The van der Waals surface area contributed by atoms with E-state index in [0.29, 0.717) is 39.8 Å². The van der Waals surface area contributed by atoms with Crippen LogP contribution in [0, 0.1) is 11.3 Å². The van der Waals surface area contributed by atoms with Gasteiger partial charge in [0.1, 0.15) is 47.0 Å². The summed E-state index contributed by atoms with van der Waals surface area (Å²) in [6.45, 7) is 9.22. The number of carboxylic acids is 1. The van der Waals surface area contributed by atoms with Crippen LogP contribution in [0.3, 0.4) is 0 Å². The molecule has 0 bridgehead atoms. The van der Waals surface area contributed by atoms with Crippen LogP contribution in [0.4, 0.5) is 9.93 Å². The highest BCUT2D eigenvalue weighted by molar-refractivity contribution is 7.14. The number of thiazole rings is 1. The zero-order chi connectivity index (χ0) is 39.8. The number of anilines is 1. The Morgan fingerprint density at radius 1 is 1.04 bits per heavy atom. The monoisotopic (exact) mass is 788 g/mol. The summed E-state index contributed by atoms with van der Waals surface area (Å²) >= 11 is 1.52. The number of hydrogen-bond donors (Lipinski definition) is 4. The van der Waals surface area contributed by atoms with Crippen LogP contribution in [-0.4, -0.2) is 93.4 Å². The van der Waals surface area contributed by atoms with Gasteiger partial charge >= 0.3 is 12.1 Å². The van der Waals surface area contributed by atoms with Gasteiger partial charge in [0.2, 0.25) is 11.8 Å². The number of nitrogens with zero attached hydrogens (tertiary/aromatic N) is 3. The average molecular weight is 789 g/mol. The molecule has 3 amide bonds. The van der Waals surface area contributed by atoms with Gasteiger partial charge in [0.25, 0.3) is 0 Å². The Hall–Kier alpha value is -4.92. The molecule has 300 valence electrons. The topological polar surface area (TPSA) is 181 Å². The molecule has 1 aliphatic heterocycles. The molecule has 4 N–H and O–H groups in total. The number of aromatic nitrogens is 2. The van der Waals surface area contributed by atoms with Gasteiger partial charge in [-0.25, -0.2) is 19.6 Å². The van der Waals surface area contributed by atoms with Gasteiger partial charge in [-0.15, -0.1) is 17.9 Å². The normalized spacial score (nSPS) is 24.4. The van der Waals surface area contributed by atoms with Gasteiger partial charge in [0.15, 0.2) is 5.13 Å². The molecule has 4 aliphatic rings. The van der Waals surface area contributed by atoms with Crippen molar-refractivity contribution in [3.63, 3.8) is 0 Å². The van der Waals surface area contributed by atoms with Crippen LogP contribution in [0.2, 0.25) is 0 Å². The zero-order valence-corrected chi connectivity index (χ0v) is 33.3. The second-order valence-electron chi connectivity index (χ2n) is 16.6. The van der Waals surface area contributed by atoms with E-state index < -0.39 is 58.9 Å². The third-order valence-corrected chi connectivity index (χ3v) is 12.3. The first kappa shape index (κ1) is 39.3. The molecule has 56 heavy (non-hydrogen) atoms. The summed E-state index contributed by atoms with van der Waals surface area (Å²) in [5, 5.41) is 22.7. The first-order chi connectivity index (χ1) is 26.8. The number of aliphatic carboxylic acids is 1. The molecule has 1 aromatic carbocycles. The Morgan fingerprint density at radius 2 is 1.77 bits per heavy atom. The van der Waals surface area contributed by atoms with Crippen LogP contribution in [0.15, 0.2) is 42.3 Å². The van der Waals surface area contributed by atoms with Crippen molar-refractivity contribution in [2.75, 3.05) is 19.0 Å². The van der Waals surface area contributed by atoms with E-state index in [0.717, 1.165) is 43.7 Å². The van der Waals surface area contributed by atoms with Gasteiger partial charge in [0.05, 0.1) is 24.9 Å². The van der Waals surface area contributed by atoms with Crippen molar-refractivity contribution in [2.24, 2.45) is 11.3 Å². The van der Waals surface area contributed by atoms with Crippen LogP contribution in [0.25, 0.3) is 22.3 Å². The van der Waals surface area contributed by atoms with Gasteiger partial charge in [-0.2, -0.15) is 0 Å². The number of nitrogens with one attached hydrogen (secondary N) is 3. The number of methoxy groups -OCH3 is 1. The van der Waals surface area contributed by atoms with Gasteiger partial charge < -0.3 is 40.2 Å². The summed E-state index contributed by atoms with van der Waals surface area (Å²) in [6, 6.07) is 5.55. The zero-order valence-electron chi connectivity index (χ0n) is 32.5. The number of ether oxygens (including phenoxy) is 3. The van der Waals surface area contributed by atoms with Crippen LogP contribution in [-0.2, 0) is 19.1 Å². The summed E-state index contributed by atoms with van der Waals surface area (Å²) in [4.78, 5) is 65.5. The van der Waals surface area contributed by atoms with Crippen molar-refractivity contribution in [3.8, 4) is 22.9 Å². The van der Waals surface area contributed by atoms with Crippen molar-refractivity contribution < 1.29 is 38.5 Å². The standard InChI is InChI=1S/C41H52N6O8S/c1-6-23-20-41(23,37(50)51)46-35(48)32-18-27(21-47(32)36(49)34(40(2,3)4)45-39(52)55-25-13-9-10-14-25)54-33-19-30(43-29-17-26(53-5)15-16-28(29)33)31-22-56-38(44-31)42-24-11-7-8-12-24/h6,15-17,19,22-25,27,32,34H,1,7-14,18,20-21H2,2-5H3,(H,42,44)(H,45,52)(H,46,48)(H,50,51)/t23?,27-,32?,34-,41-/m1/s1. The highest BCUT2D eigenvalue weighted by Gasteiger charge is 2.61. The lowest BCUT2D eigenvalue weighted by molar-refractivity contribution is -0.146. The van der Waals surface area contributed by atoms with E-state index in [1.807, 2.05) is 50.4 Å². The Kier molecular flexibility index (Phi) is 11.2. The first-order valence-corrected chi connectivity index (χ1v) is 20.5. The van der Waals surface area contributed by atoms with Gasteiger partial charge in [-0.1, -0.05) is 39.7 Å². The number of likely N-dealkylation sites (tertiary alicyclic amines) is 1. The predicted molar refractivity (Wildman–Crippen MR) is 212 cm³/mol. The second kappa shape index (κ2) is 15.9. The number of rotatable bonds is 13. The largest absolute Gasteiger partial charge is 0.497 e. The molecule has 3 aliphatic carbocycles. The number of pyridine rings is 1. The molecule has 0 radical (unpaired) electrons. The van der Waals surface area contributed by atoms with E-state index in [1.165, 1.54) is 35.2 Å². The number of hydrogen-bond acceptors (Lipinski definition) is 11. The molecule has 7 rings (SSSR count). The van der Waals surface area contributed by atoms with Crippen molar-refractivity contribution >= 4 is 51.2 Å². The minimum absolute atomic E-state index is 0.00469. The molecule has 2 unspecified atom stereocenters. The average Bonchev–Trinajstić information content (AvgIpc) is 3.80. The number of carbonyl (C=O) groups is 4. The van der Waals surface area contributed by atoms with Crippen LogP contribution in [0.5, 0.6) is 11.5 Å². The second-order valence-corrected chi connectivity index (χ2v) is 17.5. The van der Waals surface area contributed by atoms with E-state index in [2.05, 4.69) is 22.5 Å². The van der Waals surface area contributed by atoms with Crippen LogP contribution >= 0.6 is 11.3 Å². The quantitative estimate of drug-likeness (QED) is 0.143. The molecule has 15 heteroatoms. The van der Waals surface area contributed by atoms with E-state index in [-0.39, 0.29) is 25.5 Å². The summed E-state index contributed by atoms with van der Waals surface area (Å²) in [5.74, 6) is -1.64. The SMILES string of the molecule is C=CC1C[C@]1(NC(=O)C1C[C@@H](Oc2cc(-c3csc(NC4CCCC4)n3)nc3cc(OC)ccc23)CN1C(=O)[C@@H](NC(=O)OC1CCCC1)C(C)(C)C)C(=O)O. The molecular weight excluding hydrogens is 737 g/mol. The number of benzene rings is 1. The maximum atomic E-state index is 14.6. The number of amides is 3. The number of carboxylic acid groups (broad SMARTS) is 1. The third-order valence-electron chi connectivity index (χ3n) is 11.5. The predicted octanol–water partition coefficient (Wildman–Crippen LogP) is 6.30. The third kappa shape index (κ3) is 8.28.